The molecule has 0 radical (unpaired) electrons. The van der Waals surface area contributed by atoms with E-state index in [1.54, 1.807) is 23.0 Å². The summed E-state index contributed by atoms with van der Waals surface area (Å²) in [5.41, 5.74) is 1.25. The Labute approximate surface area is 163 Å². The summed E-state index contributed by atoms with van der Waals surface area (Å²) >= 11 is 0. The van der Waals surface area contributed by atoms with Gasteiger partial charge in [0.1, 0.15) is 5.69 Å². The maximum Gasteiger partial charge on any atom is 0.320 e. The molecule has 0 saturated carbocycles. The summed E-state index contributed by atoms with van der Waals surface area (Å²) in [7, 11) is 2.07. The lowest BCUT2D eigenvalue weighted by molar-refractivity contribution is 0.0747. The van der Waals surface area contributed by atoms with E-state index in [2.05, 4.69) is 22.3 Å². The largest absolute Gasteiger partial charge is 0.491 e. The van der Waals surface area contributed by atoms with Crippen LogP contribution in [0.25, 0.3) is 11.3 Å². The maximum atomic E-state index is 14.1. The van der Waals surface area contributed by atoms with E-state index in [1.807, 2.05) is 16.7 Å². The van der Waals surface area contributed by atoms with Crippen molar-refractivity contribution in [3.8, 4) is 17.0 Å². The number of piperazine rings is 1. The second kappa shape index (κ2) is 7.75. The standard InChI is InChI=1S/C19H25FN6O2/c1-3-28-18-5-4-14(10-16(18)20)17-13-26(22-21-17)15-11-25(12-15)19(27)24-8-6-23(2)7-9-24/h4-5,10,13,15H,3,6-9,11-12H2,1-2H3. The molecule has 0 N–H and O–H groups in total. The molecular weight excluding hydrogens is 363 g/mol. The van der Waals surface area contributed by atoms with Crippen LogP contribution in [0.15, 0.2) is 24.4 Å². The number of nitrogens with zero attached hydrogens (tertiary/aromatic N) is 6. The van der Waals surface area contributed by atoms with E-state index in [-0.39, 0.29) is 17.8 Å². The maximum absolute atomic E-state index is 14.1. The van der Waals surface area contributed by atoms with E-state index in [9.17, 15) is 9.18 Å². The van der Waals surface area contributed by atoms with Gasteiger partial charge in [0.05, 0.1) is 18.8 Å². The number of likely N-dealkylation sites (N-methyl/N-ethyl adjacent to an activating group) is 1. The molecular formula is C19H25FN6O2. The van der Waals surface area contributed by atoms with Crippen LogP contribution in [0, 0.1) is 5.82 Å². The van der Waals surface area contributed by atoms with Gasteiger partial charge < -0.3 is 19.4 Å². The number of benzene rings is 1. The van der Waals surface area contributed by atoms with Gasteiger partial charge >= 0.3 is 6.03 Å². The highest BCUT2D eigenvalue weighted by atomic mass is 19.1. The van der Waals surface area contributed by atoms with E-state index >= 15 is 0 Å². The molecule has 2 aliphatic heterocycles. The minimum Gasteiger partial charge on any atom is -0.491 e. The van der Waals surface area contributed by atoms with Gasteiger partial charge in [-0.15, -0.1) is 5.10 Å². The lowest BCUT2D eigenvalue weighted by atomic mass is 10.1. The number of carbonyl (C=O) groups excluding carboxylic acids is 1. The fraction of sp³-hybridized carbons (Fsp3) is 0.526. The molecule has 0 unspecified atom stereocenters. The Kier molecular flexibility index (Phi) is 5.17. The topological polar surface area (TPSA) is 66.7 Å². The molecule has 1 aromatic heterocycles. The van der Waals surface area contributed by atoms with Crippen molar-refractivity contribution in [1.82, 2.24) is 29.7 Å². The number of hydrogen-bond donors (Lipinski definition) is 0. The molecule has 0 aliphatic carbocycles. The van der Waals surface area contributed by atoms with Gasteiger partial charge in [0.25, 0.3) is 0 Å². The van der Waals surface area contributed by atoms with Crippen molar-refractivity contribution in [2.75, 3.05) is 52.9 Å². The molecule has 0 spiro atoms. The molecule has 2 aromatic rings. The second-order valence-electron chi connectivity index (χ2n) is 7.29. The SMILES string of the molecule is CCOc1ccc(-c2cn(C3CN(C(=O)N4CCN(C)CC4)C3)nn2)cc1F. The predicted octanol–water partition coefficient (Wildman–Crippen LogP) is 1.71. The van der Waals surface area contributed by atoms with Crippen LogP contribution in [0.5, 0.6) is 5.75 Å². The summed E-state index contributed by atoms with van der Waals surface area (Å²) in [5, 5.41) is 8.33. The lowest BCUT2D eigenvalue weighted by Crippen LogP contribution is -2.58. The quantitative estimate of drug-likeness (QED) is 0.798. The molecule has 0 atom stereocenters. The Morgan fingerprint density at radius 3 is 2.64 bits per heavy atom. The van der Waals surface area contributed by atoms with Gasteiger partial charge in [-0.05, 0) is 32.2 Å². The van der Waals surface area contributed by atoms with Gasteiger partial charge in [-0.2, -0.15) is 0 Å². The zero-order valence-corrected chi connectivity index (χ0v) is 16.2. The summed E-state index contributed by atoms with van der Waals surface area (Å²) in [5.74, 6) is -0.183. The van der Waals surface area contributed by atoms with Gasteiger partial charge in [0.15, 0.2) is 11.6 Å². The van der Waals surface area contributed by atoms with Gasteiger partial charge in [-0.3, -0.25) is 0 Å². The number of halogens is 1. The van der Waals surface area contributed by atoms with Crippen LogP contribution in [-0.4, -0.2) is 88.6 Å². The number of aromatic nitrogens is 3. The predicted molar refractivity (Wildman–Crippen MR) is 102 cm³/mol. The Morgan fingerprint density at radius 1 is 1.21 bits per heavy atom. The van der Waals surface area contributed by atoms with Crippen LogP contribution in [0.2, 0.25) is 0 Å². The van der Waals surface area contributed by atoms with Gasteiger partial charge in [0, 0.05) is 44.8 Å². The lowest BCUT2D eigenvalue weighted by Gasteiger charge is -2.43. The smallest absolute Gasteiger partial charge is 0.320 e. The number of likely N-dealkylation sites (tertiary alicyclic amines) is 1. The molecule has 2 aliphatic rings. The average molecular weight is 388 g/mol. The third-order valence-electron chi connectivity index (χ3n) is 5.32. The van der Waals surface area contributed by atoms with Gasteiger partial charge in [0.2, 0.25) is 0 Å². The molecule has 0 bridgehead atoms. The third-order valence-corrected chi connectivity index (χ3v) is 5.32. The van der Waals surface area contributed by atoms with Crippen molar-refractivity contribution in [1.29, 1.82) is 0 Å². The Morgan fingerprint density at radius 2 is 1.96 bits per heavy atom. The van der Waals surface area contributed by atoms with Crippen LogP contribution < -0.4 is 4.74 Å². The average Bonchev–Trinajstić information content (AvgIpc) is 3.12. The Balaban J connectivity index is 1.36. The van der Waals surface area contributed by atoms with Crippen molar-refractivity contribution in [3.63, 3.8) is 0 Å². The van der Waals surface area contributed by atoms with Gasteiger partial charge in [-0.25, -0.2) is 13.9 Å². The summed E-state index contributed by atoms with van der Waals surface area (Å²) < 4.78 is 21.1. The van der Waals surface area contributed by atoms with Crippen LogP contribution >= 0.6 is 0 Å². The number of carbonyl (C=O) groups is 1. The van der Waals surface area contributed by atoms with Crippen molar-refractivity contribution >= 4 is 6.03 Å². The fourth-order valence-electron chi connectivity index (χ4n) is 3.50. The number of rotatable bonds is 4. The van der Waals surface area contributed by atoms with E-state index in [4.69, 9.17) is 4.74 Å². The van der Waals surface area contributed by atoms with E-state index in [0.717, 1.165) is 26.2 Å². The number of hydrogen-bond acceptors (Lipinski definition) is 5. The molecule has 150 valence electrons. The molecule has 1 aromatic carbocycles. The second-order valence-corrected chi connectivity index (χ2v) is 7.29. The highest BCUT2D eigenvalue weighted by Crippen LogP contribution is 2.27. The molecule has 28 heavy (non-hydrogen) atoms. The number of ether oxygens (including phenoxy) is 1. The summed E-state index contributed by atoms with van der Waals surface area (Å²) in [6.45, 7) is 6.83. The van der Waals surface area contributed by atoms with Crippen molar-refractivity contribution in [2.24, 2.45) is 0 Å². The van der Waals surface area contributed by atoms with Crippen LogP contribution in [0.1, 0.15) is 13.0 Å². The monoisotopic (exact) mass is 388 g/mol. The van der Waals surface area contributed by atoms with Crippen molar-refractivity contribution in [3.05, 3.63) is 30.2 Å². The first-order valence-corrected chi connectivity index (χ1v) is 9.62. The minimum atomic E-state index is -0.415. The Bertz CT molecular complexity index is 843. The van der Waals surface area contributed by atoms with E-state index in [1.165, 1.54) is 6.07 Å². The molecule has 4 rings (SSSR count). The zero-order chi connectivity index (χ0) is 19.7. The zero-order valence-electron chi connectivity index (χ0n) is 16.2. The molecule has 2 fully saturated rings. The summed E-state index contributed by atoms with van der Waals surface area (Å²) in [6, 6.07) is 4.98. The normalized spacial score (nSPS) is 18.2. The third kappa shape index (κ3) is 3.66. The van der Waals surface area contributed by atoms with Gasteiger partial charge in [-0.1, -0.05) is 5.21 Å². The Hall–Kier alpha value is -2.68. The summed E-state index contributed by atoms with van der Waals surface area (Å²) in [4.78, 5) is 18.5. The number of amides is 2. The molecule has 9 heteroatoms. The molecule has 8 nitrogen and oxygen atoms in total. The van der Waals surface area contributed by atoms with Crippen LogP contribution in [0.4, 0.5) is 9.18 Å². The van der Waals surface area contributed by atoms with Crippen LogP contribution in [0.3, 0.4) is 0 Å². The molecule has 2 amide bonds. The summed E-state index contributed by atoms with van der Waals surface area (Å²) in [6.07, 6.45) is 1.80. The van der Waals surface area contributed by atoms with Crippen LogP contribution in [-0.2, 0) is 0 Å². The molecule has 3 heterocycles. The first-order chi connectivity index (χ1) is 13.5. The first kappa shape index (κ1) is 18.7. The first-order valence-electron chi connectivity index (χ1n) is 9.62. The minimum absolute atomic E-state index is 0.0956. The van der Waals surface area contributed by atoms with Crippen molar-refractivity contribution in [2.45, 2.75) is 13.0 Å². The molecule has 2 saturated heterocycles. The van der Waals surface area contributed by atoms with E-state index < -0.39 is 5.82 Å². The highest BCUT2D eigenvalue weighted by Gasteiger charge is 2.35. The fourth-order valence-corrected chi connectivity index (χ4v) is 3.50. The van der Waals surface area contributed by atoms with E-state index in [0.29, 0.717) is 31.0 Å². The van der Waals surface area contributed by atoms with Crippen molar-refractivity contribution < 1.29 is 13.9 Å². The highest BCUT2D eigenvalue weighted by molar-refractivity contribution is 5.75. The number of urea groups is 1.